The Bertz CT molecular complexity index is 815. The lowest BCUT2D eigenvalue weighted by molar-refractivity contribution is -0.152. The van der Waals surface area contributed by atoms with Crippen molar-refractivity contribution in [3.63, 3.8) is 0 Å². The second-order valence-electron chi connectivity index (χ2n) is 6.48. The number of ether oxygens (including phenoxy) is 1. The van der Waals surface area contributed by atoms with Crippen LogP contribution in [0, 0.1) is 6.92 Å². The van der Waals surface area contributed by atoms with Gasteiger partial charge in [-0.05, 0) is 42.3 Å². The third kappa shape index (κ3) is 5.65. The Labute approximate surface area is 162 Å². The Morgan fingerprint density at radius 2 is 1.85 bits per heavy atom. The summed E-state index contributed by atoms with van der Waals surface area (Å²) in [6, 6.07) is 9.24. The zero-order chi connectivity index (χ0) is 20.0. The summed E-state index contributed by atoms with van der Waals surface area (Å²) in [5, 5.41) is 7.10. The zero-order valence-electron chi connectivity index (χ0n) is 15.9. The number of hydrogen-bond acceptors (Lipinski definition) is 5. The van der Waals surface area contributed by atoms with Crippen LogP contribution in [0.3, 0.4) is 0 Å². The van der Waals surface area contributed by atoms with Gasteiger partial charge >= 0.3 is 5.97 Å². The second kappa shape index (κ2) is 9.32. The highest BCUT2D eigenvalue weighted by atomic mass is 32.1. The van der Waals surface area contributed by atoms with Crippen LogP contribution in [0.15, 0.2) is 35.7 Å². The minimum Gasteiger partial charge on any atom is -0.451 e. The number of esters is 1. The average Bonchev–Trinajstić information content (AvgIpc) is 3.15. The van der Waals surface area contributed by atoms with Gasteiger partial charge in [0.25, 0.3) is 11.8 Å². The van der Waals surface area contributed by atoms with Crippen LogP contribution in [0.4, 0.5) is 5.69 Å². The van der Waals surface area contributed by atoms with Crippen LogP contribution < -0.4 is 10.6 Å². The normalized spacial score (nSPS) is 11.7. The first kappa shape index (κ1) is 20.6. The van der Waals surface area contributed by atoms with Gasteiger partial charge in [-0.2, -0.15) is 0 Å². The number of aryl methyl sites for hydroxylation is 1. The largest absolute Gasteiger partial charge is 0.451 e. The van der Waals surface area contributed by atoms with E-state index in [1.54, 1.807) is 17.5 Å². The molecule has 0 spiro atoms. The van der Waals surface area contributed by atoms with Crippen molar-refractivity contribution in [2.75, 3.05) is 11.9 Å². The monoisotopic (exact) mass is 388 g/mol. The molecule has 1 heterocycles. The molecular formula is C20H24N2O4S. The fraction of sp³-hybridized carbons (Fsp3) is 0.350. The average molecular weight is 388 g/mol. The number of nitrogens with one attached hydrogen (secondary N) is 2. The van der Waals surface area contributed by atoms with Crippen molar-refractivity contribution in [1.82, 2.24) is 5.32 Å². The molecule has 1 atom stereocenters. The second-order valence-corrected chi connectivity index (χ2v) is 7.42. The fourth-order valence-corrected chi connectivity index (χ4v) is 3.15. The molecule has 0 saturated carbocycles. The molecule has 144 valence electrons. The van der Waals surface area contributed by atoms with E-state index < -0.39 is 18.0 Å². The summed E-state index contributed by atoms with van der Waals surface area (Å²) in [7, 11) is 0. The molecule has 2 rings (SSSR count). The van der Waals surface area contributed by atoms with E-state index in [0.29, 0.717) is 4.88 Å². The van der Waals surface area contributed by atoms with Crippen molar-refractivity contribution in [2.45, 2.75) is 39.7 Å². The van der Waals surface area contributed by atoms with Gasteiger partial charge in [-0.25, -0.2) is 0 Å². The van der Waals surface area contributed by atoms with E-state index in [0.717, 1.165) is 16.8 Å². The third-order valence-electron chi connectivity index (χ3n) is 3.99. The number of amides is 2. The third-order valence-corrected chi connectivity index (χ3v) is 4.86. The molecule has 0 saturated heterocycles. The quantitative estimate of drug-likeness (QED) is 0.711. The maximum atomic E-state index is 12.4. The molecule has 0 radical (unpaired) electrons. The van der Waals surface area contributed by atoms with Gasteiger partial charge < -0.3 is 15.4 Å². The number of para-hydroxylation sites is 1. The topological polar surface area (TPSA) is 84.5 Å². The highest BCUT2D eigenvalue weighted by Crippen LogP contribution is 2.27. The van der Waals surface area contributed by atoms with Gasteiger partial charge in [0, 0.05) is 5.69 Å². The van der Waals surface area contributed by atoms with Gasteiger partial charge in [0.1, 0.15) is 6.54 Å². The molecule has 0 aliphatic rings. The maximum absolute atomic E-state index is 12.4. The van der Waals surface area contributed by atoms with Crippen LogP contribution in [-0.4, -0.2) is 30.4 Å². The predicted molar refractivity (Wildman–Crippen MR) is 106 cm³/mol. The van der Waals surface area contributed by atoms with Gasteiger partial charge in [0.2, 0.25) is 0 Å². The smallest absolute Gasteiger partial charge is 0.326 e. The van der Waals surface area contributed by atoms with Gasteiger partial charge in [0.05, 0.1) is 4.88 Å². The van der Waals surface area contributed by atoms with E-state index in [9.17, 15) is 14.4 Å². The molecule has 0 bridgehead atoms. The lowest BCUT2D eigenvalue weighted by Crippen LogP contribution is -2.35. The lowest BCUT2D eigenvalue weighted by atomic mass is 9.98. The Kier molecular flexibility index (Phi) is 7.12. The molecular weight excluding hydrogens is 364 g/mol. The molecule has 2 N–H and O–H groups in total. The van der Waals surface area contributed by atoms with Crippen molar-refractivity contribution in [3.05, 3.63) is 51.7 Å². The summed E-state index contributed by atoms with van der Waals surface area (Å²) in [4.78, 5) is 36.7. The van der Waals surface area contributed by atoms with E-state index in [4.69, 9.17) is 4.74 Å². The first-order valence-corrected chi connectivity index (χ1v) is 9.59. The van der Waals surface area contributed by atoms with Crippen molar-refractivity contribution in [1.29, 1.82) is 0 Å². The number of hydrogen-bond donors (Lipinski definition) is 2. The molecule has 2 amide bonds. The van der Waals surface area contributed by atoms with Crippen LogP contribution in [0.5, 0.6) is 0 Å². The molecule has 2 aromatic rings. The van der Waals surface area contributed by atoms with Gasteiger partial charge in [-0.3, -0.25) is 14.4 Å². The molecule has 1 aromatic carbocycles. The van der Waals surface area contributed by atoms with Crippen LogP contribution in [-0.2, 0) is 14.3 Å². The standard InChI is InChI=1S/C20H24N2O4S/c1-12(2)15-8-5-7-13(3)18(15)22-19(24)14(4)26-17(23)11-21-20(25)16-9-6-10-27-16/h5-10,12,14H,11H2,1-4H3,(H,21,25)(H,22,24)/t14-/m1/s1. The molecule has 0 fully saturated rings. The number of carbonyl (C=O) groups excluding carboxylic acids is 3. The highest BCUT2D eigenvalue weighted by Gasteiger charge is 2.21. The van der Waals surface area contributed by atoms with E-state index in [1.165, 1.54) is 18.3 Å². The molecule has 0 aliphatic carbocycles. The summed E-state index contributed by atoms with van der Waals surface area (Å²) >= 11 is 1.28. The van der Waals surface area contributed by atoms with Crippen molar-refractivity contribution in [2.24, 2.45) is 0 Å². The molecule has 6 nitrogen and oxygen atoms in total. The molecule has 0 unspecified atom stereocenters. The highest BCUT2D eigenvalue weighted by molar-refractivity contribution is 7.12. The molecule has 1 aromatic heterocycles. The number of benzene rings is 1. The summed E-state index contributed by atoms with van der Waals surface area (Å²) in [6.07, 6.45) is -0.976. The van der Waals surface area contributed by atoms with Gasteiger partial charge in [0.15, 0.2) is 6.10 Å². The Morgan fingerprint density at radius 3 is 2.48 bits per heavy atom. The summed E-state index contributed by atoms with van der Waals surface area (Å²) in [5.41, 5.74) is 2.70. The summed E-state index contributed by atoms with van der Waals surface area (Å²) in [5.74, 6) is -1.19. The van der Waals surface area contributed by atoms with E-state index in [1.807, 2.05) is 39.0 Å². The maximum Gasteiger partial charge on any atom is 0.326 e. The van der Waals surface area contributed by atoms with Gasteiger partial charge in [-0.1, -0.05) is 38.1 Å². The summed E-state index contributed by atoms with van der Waals surface area (Å²) < 4.78 is 5.13. The van der Waals surface area contributed by atoms with E-state index >= 15 is 0 Å². The van der Waals surface area contributed by atoms with Crippen LogP contribution >= 0.6 is 11.3 Å². The SMILES string of the molecule is Cc1cccc(C(C)C)c1NC(=O)[C@@H](C)OC(=O)CNC(=O)c1cccs1. The number of carbonyl (C=O) groups is 3. The predicted octanol–water partition coefficient (Wildman–Crippen LogP) is 3.48. The fourth-order valence-electron chi connectivity index (χ4n) is 2.51. The van der Waals surface area contributed by atoms with Crippen molar-refractivity contribution in [3.8, 4) is 0 Å². The van der Waals surface area contributed by atoms with E-state index in [2.05, 4.69) is 10.6 Å². The first-order chi connectivity index (χ1) is 12.8. The van der Waals surface area contributed by atoms with Crippen molar-refractivity contribution >= 4 is 34.8 Å². The molecule has 0 aliphatic heterocycles. The molecule has 27 heavy (non-hydrogen) atoms. The Balaban J connectivity index is 1.90. The van der Waals surface area contributed by atoms with Crippen molar-refractivity contribution < 1.29 is 19.1 Å². The lowest BCUT2D eigenvalue weighted by Gasteiger charge is -2.19. The summed E-state index contributed by atoms with van der Waals surface area (Å²) in [6.45, 7) is 7.21. The van der Waals surface area contributed by atoms with E-state index in [-0.39, 0.29) is 18.4 Å². The number of anilines is 1. The minimum atomic E-state index is -0.976. The van der Waals surface area contributed by atoms with Gasteiger partial charge in [-0.15, -0.1) is 11.3 Å². The molecule has 7 heteroatoms. The number of rotatable bonds is 7. The Morgan fingerprint density at radius 1 is 1.11 bits per heavy atom. The zero-order valence-corrected chi connectivity index (χ0v) is 16.7. The minimum absolute atomic E-state index is 0.241. The number of thiophene rings is 1. The Hall–Kier alpha value is -2.67. The van der Waals surface area contributed by atoms with Crippen LogP contribution in [0.2, 0.25) is 0 Å². The van der Waals surface area contributed by atoms with Crippen LogP contribution in [0.1, 0.15) is 47.5 Å². The first-order valence-electron chi connectivity index (χ1n) is 8.71. The van der Waals surface area contributed by atoms with Crippen LogP contribution in [0.25, 0.3) is 0 Å².